The molecule has 0 aromatic carbocycles. The van der Waals surface area contributed by atoms with Crippen molar-refractivity contribution in [2.75, 3.05) is 27.4 Å². The Morgan fingerprint density at radius 3 is 2.56 bits per heavy atom. The van der Waals surface area contributed by atoms with Crippen LogP contribution in [-0.2, 0) is 19.7 Å². The van der Waals surface area contributed by atoms with Crippen LogP contribution in [0.25, 0.3) is 0 Å². The van der Waals surface area contributed by atoms with Crippen molar-refractivity contribution >= 4 is 16.3 Å². The fourth-order valence-electron chi connectivity index (χ4n) is 0.823. The molecule has 0 rings (SSSR count). The van der Waals surface area contributed by atoms with Crippen molar-refractivity contribution in [1.29, 1.82) is 0 Å². The minimum Gasteiger partial charge on any atom is -0.452 e. The van der Waals surface area contributed by atoms with Crippen LogP contribution in [0.1, 0.15) is 6.42 Å². The first-order chi connectivity index (χ1) is 7.41. The molecule has 0 fully saturated rings. The summed E-state index contributed by atoms with van der Waals surface area (Å²) in [6.07, 6.45) is -1.66. The first-order valence-corrected chi connectivity index (χ1v) is 5.92. The van der Waals surface area contributed by atoms with Crippen molar-refractivity contribution in [3.8, 4) is 0 Å². The smallest absolute Gasteiger partial charge is 0.421 e. The summed E-state index contributed by atoms with van der Waals surface area (Å²) < 4.78 is 34.6. The number of aliphatic hydroxyl groups is 1. The Morgan fingerprint density at radius 1 is 1.44 bits per heavy atom. The maximum Gasteiger partial charge on any atom is 0.421 e. The Balaban J connectivity index is 3.87. The number of amides is 1. The molecule has 0 aromatic heterocycles. The molecule has 8 nitrogen and oxygen atoms in total. The molecule has 0 aromatic rings. The SMILES string of the molecule is COCC(O)CCNS(=O)(=O)NC(=O)OC. The van der Waals surface area contributed by atoms with E-state index in [1.165, 1.54) is 7.11 Å². The van der Waals surface area contributed by atoms with Gasteiger partial charge in [-0.25, -0.2) is 9.52 Å². The van der Waals surface area contributed by atoms with Crippen LogP contribution >= 0.6 is 0 Å². The predicted molar refractivity (Wildman–Crippen MR) is 55.0 cm³/mol. The molecule has 0 saturated carbocycles. The van der Waals surface area contributed by atoms with Crippen LogP contribution < -0.4 is 9.44 Å². The second-order valence-electron chi connectivity index (χ2n) is 2.89. The van der Waals surface area contributed by atoms with E-state index < -0.39 is 22.4 Å². The van der Waals surface area contributed by atoms with Gasteiger partial charge in [-0.15, -0.1) is 0 Å². The quantitative estimate of drug-likeness (QED) is 0.515. The Morgan fingerprint density at radius 2 is 2.06 bits per heavy atom. The van der Waals surface area contributed by atoms with Crippen molar-refractivity contribution in [2.45, 2.75) is 12.5 Å². The summed E-state index contributed by atoms with van der Waals surface area (Å²) in [5.74, 6) is 0. The van der Waals surface area contributed by atoms with Gasteiger partial charge < -0.3 is 14.6 Å². The number of ether oxygens (including phenoxy) is 2. The minimum absolute atomic E-state index is 0.0170. The number of hydrogen-bond acceptors (Lipinski definition) is 6. The van der Waals surface area contributed by atoms with E-state index in [1.807, 2.05) is 0 Å². The number of aliphatic hydroxyl groups excluding tert-OH is 1. The molecule has 0 aliphatic heterocycles. The molecule has 0 bridgehead atoms. The normalized spacial score (nSPS) is 13.2. The van der Waals surface area contributed by atoms with E-state index in [1.54, 1.807) is 4.72 Å². The lowest BCUT2D eigenvalue weighted by Gasteiger charge is -2.10. The molecule has 0 radical (unpaired) electrons. The molecule has 1 amide bonds. The van der Waals surface area contributed by atoms with Gasteiger partial charge >= 0.3 is 16.3 Å². The van der Waals surface area contributed by atoms with E-state index >= 15 is 0 Å². The molecule has 96 valence electrons. The predicted octanol–water partition coefficient (Wildman–Crippen LogP) is -1.43. The standard InChI is InChI=1S/C7H16N2O6S/c1-14-5-6(10)3-4-8-16(12,13)9-7(11)15-2/h6,8,10H,3-5H2,1-2H3,(H,9,11). The first kappa shape index (κ1) is 15.1. The van der Waals surface area contributed by atoms with Gasteiger partial charge in [0, 0.05) is 13.7 Å². The Labute approximate surface area is 94.1 Å². The topological polar surface area (TPSA) is 114 Å². The number of carbonyl (C=O) groups excluding carboxylic acids is 1. The fourth-order valence-corrected chi connectivity index (χ4v) is 1.58. The van der Waals surface area contributed by atoms with Crippen LogP contribution in [0.2, 0.25) is 0 Å². The second-order valence-corrected chi connectivity index (χ2v) is 4.39. The van der Waals surface area contributed by atoms with Gasteiger partial charge in [-0.3, -0.25) is 0 Å². The van der Waals surface area contributed by atoms with Gasteiger partial charge in [0.15, 0.2) is 0 Å². The van der Waals surface area contributed by atoms with Crippen LogP contribution in [-0.4, -0.2) is 53.1 Å². The first-order valence-electron chi connectivity index (χ1n) is 4.43. The van der Waals surface area contributed by atoms with E-state index in [-0.39, 0.29) is 19.6 Å². The van der Waals surface area contributed by atoms with Crippen LogP contribution in [0.5, 0.6) is 0 Å². The summed E-state index contributed by atoms with van der Waals surface area (Å²) in [7, 11) is -1.46. The molecule has 3 N–H and O–H groups in total. The largest absolute Gasteiger partial charge is 0.452 e. The van der Waals surface area contributed by atoms with E-state index in [4.69, 9.17) is 0 Å². The van der Waals surface area contributed by atoms with Crippen LogP contribution in [0.15, 0.2) is 0 Å². The zero-order valence-electron chi connectivity index (χ0n) is 9.10. The maximum atomic E-state index is 11.1. The van der Waals surface area contributed by atoms with Crippen molar-refractivity contribution in [3.05, 3.63) is 0 Å². The van der Waals surface area contributed by atoms with Crippen molar-refractivity contribution < 1.29 is 27.8 Å². The molecule has 0 spiro atoms. The second kappa shape index (κ2) is 7.39. The highest BCUT2D eigenvalue weighted by Gasteiger charge is 2.14. The fraction of sp³-hybridized carbons (Fsp3) is 0.857. The number of carbonyl (C=O) groups is 1. The molecule has 0 aliphatic carbocycles. The number of methoxy groups -OCH3 is 2. The lowest BCUT2D eigenvalue weighted by Crippen LogP contribution is -2.41. The Kier molecular flexibility index (Phi) is 6.97. The van der Waals surface area contributed by atoms with Gasteiger partial charge in [-0.05, 0) is 6.42 Å². The van der Waals surface area contributed by atoms with Crippen LogP contribution in [0.4, 0.5) is 4.79 Å². The molecule has 1 unspecified atom stereocenters. The molecule has 0 saturated heterocycles. The summed E-state index contributed by atoms with van der Waals surface area (Å²) >= 11 is 0. The van der Waals surface area contributed by atoms with Gasteiger partial charge in [0.1, 0.15) is 0 Å². The zero-order valence-corrected chi connectivity index (χ0v) is 9.91. The van der Waals surface area contributed by atoms with E-state index in [0.717, 1.165) is 7.11 Å². The Hall–Kier alpha value is -0.900. The van der Waals surface area contributed by atoms with Crippen LogP contribution in [0, 0.1) is 0 Å². The summed E-state index contributed by atoms with van der Waals surface area (Å²) in [6.45, 7) is 0.100. The third-order valence-corrected chi connectivity index (χ3v) is 2.55. The van der Waals surface area contributed by atoms with E-state index in [2.05, 4.69) is 14.2 Å². The monoisotopic (exact) mass is 256 g/mol. The highest BCUT2D eigenvalue weighted by molar-refractivity contribution is 7.88. The lowest BCUT2D eigenvalue weighted by molar-refractivity contribution is 0.0603. The van der Waals surface area contributed by atoms with Crippen molar-refractivity contribution in [2.24, 2.45) is 0 Å². The maximum absolute atomic E-state index is 11.1. The Bertz CT molecular complexity index is 304. The van der Waals surface area contributed by atoms with Crippen molar-refractivity contribution in [1.82, 2.24) is 9.44 Å². The summed E-state index contributed by atoms with van der Waals surface area (Å²) in [5, 5.41) is 9.20. The van der Waals surface area contributed by atoms with E-state index in [0.29, 0.717) is 0 Å². The number of rotatable bonds is 7. The highest BCUT2D eigenvalue weighted by atomic mass is 32.2. The molecule has 0 aliphatic rings. The van der Waals surface area contributed by atoms with Gasteiger partial charge in [-0.2, -0.15) is 13.1 Å². The number of hydrogen-bond donors (Lipinski definition) is 3. The third-order valence-electron chi connectivity index (χ3n) is 1.53. The van der Waals surface area contributed by atoms with E-state index in [9.17, 15) is 18.3 Å². The van der Waals surface area contributed by atoms with Crippen molar-refractivity contribution in [3.63, 3.8) is 0 Å². The molecular formula is C7H16N2O6S. The molecule has 1 atom stereocenters. The molecule has 16 heavy (non-hydrogen) atoms. The minimum atomic E-state index is -3.93. The van der Waals surface area contributed by atoms with Crippen LogP contribution in [0.3, 0.4) is 0 Å². The average Bonchev–Trinajstić information content (AvgIpc) is 2.16. The summed E-state index contributed by atoms with van der Waals surface area (Å²) in [5.41, 5.74) is 0. The van der Waals surface area contributed by atoms with Gasteiger partial charge in [0.2, 0.25) is 0 Å². The highest BCUT2D eigenvalue weighted by Crippen LogP contribution is 1.91. The molecular weight excluding hydrogens is 240 g/mol. The molecule has 9 heteroatoms. The third kappa shape index (κ3) is 7.40. The zero-order chi connectivity index (χ0) is 12.6. The van der Waals surface area contributed by atoms with Gasteiger partial charge in [0.25, 0.3) is 0 Å². The summed E-state index contributed by atoms with van der Waals surface area (Å²) in [6, 6.07) is 0. The molecule has 0 heterocycles. The number of nitrogens with one attached hydrogen (secondary N) is 2. The average molecular weight is 256 g/mol. The van der Waals surface area contributed by atoms with Gasteiger partial charge in [0.05, 0.1) is 19.8 Å². The lowest BCUT2D eigenvalue weighted by atomic mass is 10.3. The van der Waals surface area contributed by atoms with Gasteiger partial charge in [-0.1, -0.05) is 0 Å². The summed E-state index contributed by atoms with van der Waals surface area (Å²) in [4.78, 5) is 10.6.